The summed E-state index contributed by atoms with van der Waals surface area (Å²) in [6, 6.07) is 0. The van der Waals surface area contributed by atoms with Gasteiger partial charge in [-0.05, 0) is 18.6 Å². The first-order valence-corrected chi connectivity index (χ1v) is 17.2. The van der Waals surface area contributed by atoms with Gasteiger partial charge in [0.25, 0.3) is 7.82 Å². The maximum Gasteiger partial charge on any atom is 0.306 e. The highest BCUT2D eigenvalue weighted by molar-refractivity contribution is 7.45. The molecule has 250 valence electrons. The molecule has 0 saturated heterocycles. The number of ketones is 1. The number of carbonyl (C=O) groups is 4. The number of unbranched alkanes of at least 4 members (excludes halogenated alkanes) is 12. The summed E-state index contributed by atoms with van der Waals surface area (Å²) in [5.41, 5.74) is 0. The van der Waals surface area contributed by atoms with Crippen LogP contribution in [0.5, 0.6) is 0 Å². The Morgan fingerprint density at radius 1 is 0.767 bits per heavy atom. The number of esters is 2. The number of allylic oxidation sites excluding steroid dienone is 2. The van der Waals surface area contributed by atoms with Gasteiger partial charge in [0, 0.05) is 12.8 Å². The van der Waals surface area contributed by atoms with Crippen LogP contribution in [0.4, 0.5) is 0 Å². The molecule has 12 heteroatoms. The van der Waals surface area contributed by atoms with Gasteiger partial charge >= 0.3 is 11.9 Å². The van der Waals surface area contributed by atoms with Crippen LogP contribution in [-0.2, 0) is 42.3 Å². The van der Waals surface area contributed by atoms with E-state index in [0.717, 1.165) is 31.4 Å². The molecule has 0 heterocycles. The molecule has 0 spiro atoms. The molecule has 0 aliphatic heterocycles. The number of nitrogens with zero attached hydrogens (tertiary/aromatic N) is 1. The highest BCUT2D eigenvalue weighted by Gasteiger charge is 2.22. The molecule has 0 aliphatic rings. The van der Waals surface area contributed by atoms with Gasteiger partial charge in [-0.25, -0.2) is 0 Å². The third kappa shape index (κ3) is 28.6. The Kier molecular flexibility index (Phi) is 24.3. The van der Waals surface area contributed by atoms with E-state index in [-0.39, 0.29) is 25.9 Å². The summed E-state index contributed by atoms with van der Waals surface area (Å²) < 4.78 is 32.9. The number of likely N-dealkylation sites (N-methyl/N-ethyl adjacent to an activating group) is 1. The van der Waals surface area contributed by atoms with E-state index >= 15 is 0 Å². The lowest BCUT2D eigenvalue weighted by molar-refractivity contribution is -0.870. The zero-order valence-electron chi connectivity index (χ0n) is 26.9. The SMILES string of the molecule is CCCCCCCCCCCCCCCC(=O)OCC(COP(=O)([O-])OCC[N+](C)(C)C)OC(=O)CCC(=O)/C=C/C=O. The van der Waals surface area contributed by atoms with E-state index in [4.69, 9.17) is 18.5 Å². The largest absolute Gasteiger partial charge is 0.756 e. The van der Waals surface area contributed by atoms with Gasteiger partial charge < -0.3 is 27.9 Å². The maximum absolute atomic E-state index is 12.3. The van der Waals surface area contributed by atoms with Gasteiger partial charge in [-0.1, -0.05) is 84.0 Å². The second-order valence-corrected chi connectivity index (χ2v) is 13.2. The fourth-order valence-electron chi connectivity index (χ4n) is 4.00. The molecule has 0 aliphatic carbocycles. The molecule has 2 unspecified atom stereocenters. The van der Waals surface area contributed by atoms with Gasteiger partial charge in [0.15, 0.2) is 11.9 Å². The summed E-state index contributed by atoms with van der Waals surface area (Å²) in [6.45, 7) is 1.53. The van der Waals surface area contributed by atoms with Crippen LogP contribution in [0.1, 0.15) is 110 Å². The molecule has 0 aromatic heterocycles. The van der Waals surface area contributed by atoms with E-state index in [1.807, 2.05) is 21.1 Å². The number of carbonyl (C=O) groups excluding carboxylic acids is 4. The van der Waals surface area contributed by atoms with Crippen LogP contribution in [0.2, 0.25) is 0 Å². The smallest absolute Gasteiger partial charge is 0.306 e. The number of ether oxygens (including phenoxy) is 2. The quantitative estimate of drug-likeness (QED) is 0.0268. The topological polar surface area (TPSA) is 145 Å². The van der Waals surface area contributed by atoms with Crippen LogP contribution in [0.15, 0.2) is 12.2 Å². The summed E-state index contributed by atoms with van der Waals surface area (Å²) in [5.74, 6) is -1.74. The number of rotatable bonds is 29. The van der Waals surface area contributed by atoms with Gasteiger partial charge in [-0.3, -0.25) is 23.7 Å². The Balaban J connectivity index is 4.48. The minimum Gasteiger partial charge on any atom is -0.756 e. The third-order valence-electron chi connectivity index (χ3n) is 6.58. The number of aldehydes is 1. The molecule has 0 rings (SSSR count). The molecular weight excluding hydrogens is 577 g/mol. The molecule has 0 radical (unpaired) electrons. The average molecular weight is 634 g/mol. The molecule has 0 amide bonds. The molecule has 0 aromatic rings. The van der Waals surface area contributed by atoms with E-state index in [9.17, 15) is 28.6 Å². The minimum absolute atomic E-state index is 0.0980. The van der Waals surface area contributed by atoms with Crippen LogP contribution in [0, 0.1) is 0 Å². The van der Waals surface area contributed by atoms with E-state index in [2.05, 4.69) is 6.92 Å². The highest BCUT2D eigenvalue weighted by atomic mass is 31.2. The lowest BCUT2D eigenvalue weighted by Crippen LogP contribution is -2.37. The number of hydrogen-bond donors (Lipinski definition) is 0. The number of phosphoric acid groups is 1. The van der Waals surface area contributed by atoms with E-state index in [1.54, 1.807) is 0 Å². The van der Waals surface area contributed by atoms with Gasteiger partial charge in [0.2, 0.25) is 0 Å². The fraction of sp³-hybridized carbons (Fsp3) is 0.806. The van der Waals surface area contributed by atoms with Crippen molar-refractivity contribution in [2.45, 2.75) is 116 Å². The number of quaternary nitrogens is 1. The molecule has 0 fully saturated rings. The second-order valence-electron chi connectivity index (χ2n) is 11.8. The van der Waals surface area contributed by atoms with Crippen molar-refractivity contribution in [3.05, 3.63) is 12.2 Å². The van der Waals surface area contributed by atoms with Crippen molar-refractivity contribution in [1.82, 2.24) is 0 Å². The first-order chi connectivity index (χ1) is 20.4. The van der Waals surface area contributed by atoms with Crippen LogP contribution in [-0.4, -0.2) is 82.1 Å². The van der Waals surface area contributed by atoms with Crippen molar-refractivity contribution < 1.29 is 51.6 Å². The standard InChI is InChI=1S/C31H56NO10P/c1-5-6-7-8-9-10-11-12-13-14-15-16-17-20-30(35)39-26-29(42-31(36)22-21-28(34)19-18-24-33)27-41-43(37,38)40-25-23-32(2,3)4/h18-19,24,29H,5-17,20-23,25-27H2,1-4H3/b19-18+. The molecule has 2 atom stereocenters. The van der Waals surface area contributed by atoms with Gasteiger partial charge in [0.05, 0.1) is 34.2 Å². The summed E-state index contributed by atoms with van der Waals surface area (Å²) in [5, 5.41) is 0. The number of phosphoric ester groups is 1. The first-order valence-electron chi connectivity index (χ1n) is 15.8. The van der Waals surface area contributed by atoms with Crippen LogP contribution in [0.3, 0.4) is 0 Å². The lowest BCUT2D eigenvalue weighted by atomic mass is 10.0. The summed E-state index contributed by atoms with van der Waals surface area (Å²) in [4.78, 5) is 58.7. The predicted molar refractivity (Wildman–Crippen MR) is 163 cm³/mol. The van der Waals surface area contributed by atoms with Crippen molar-refractivity contribution in [3.63, 3.8) is 0 Å². The lowest BCUT2D eigenvalue weighted by Gasteiger charge is -2.28. The Labute approximate surface area is 258 Å². The Morgan fingerprint density at radius 3 is 1.86 bits per heavy atom. The number of hydrogen-bond acceptors (Lipinski definition) is 10. The zero-order chi connectivity index (χ0) is 32.4. The van der Waals surface area contributed by atoms with Gasteiger partial charge in [0.1, 0.15) is 26.0 Å². The van der Waals surface area contributed by atoms with Crippen molar-refractivity contribution in [2.24, 2.45) is 0 Å². The van der Waals surface area contributed by atoms with Crippen LogP contribution < -0.4 is 4.89 Å². The van der Waals surface area contributed by atoms with E-state index < -0.39 is 44.9 Å². The molecule has 43 heavy (non-hydrogen) atoms. The zero-order valence-corrected chi connectivity index (χ0v) is 27.8. The maximum atomic E-state index is 12.3. The molecular formula is C31H56NO10P. The van der Waals surface area contributed by atoms with Crippen LogP contribution in [0.25, 0.3) is 0 Å². The van der Waals surface area contributed by atoms with Crippen molar-refractivity contribution in [1.29, 1.82) is 0 Å². The highest BCUT2D eigenvalue weighted by Crippen LogP contribution is 2.38. The average Bonchev–Trinajstić information content (AvgIpc) is 2.93. The van der Waals surface area contributed by atoms with Gasteiger partial charge in [-0.15, -0.1) is 0 Å². The van der Waals surface area contributed by atoms with Crippen molar-refractivity contribution >= 4 is 31.8 Å². The monoisotopic (exact) mass is 633 g/mol. The molecule has 0 bridgehead atoms. The fourth-order valence-corrected chi connectivity index (χ4v) is 4.73. The predicted octanol–water partition coefficient (Wildman–Crippen LogP) is 5.23. The molecule has 0 saturated carbocycles. The van der Waals surface area contributed by atoms with E-state index in [0.29, 0.717) is 23.7 Å². The molecule has 11 nitrogen and oxygen atoms in total. The van der Waals surface area contributed by atoms with Crippen LogP contribution >= 0.6 is 7.82 Å². The Hall–Kier alpha value is -1.91. The Bertz CT molecular complexity index is 856. The summed E-state index contributed by atoms with van der Waals surface area (Å²) in [6.07, 6.45) is 16.4. The van der Waals surface area contributed by atoms with Gasteiger partial charge in [-0.2, -0.15) is 0 Å². The van der Waals surface area contributed by atoms with Crippen molar-refractivity contribution in [2.75, 3.05) is 47.5 Å². The summed E-state index contributed by atoms with van der Waals surface area (Å²) >= 11 is 0. The van der Waals surface area contributed by atoms with Crippen molar-refractivity contribution in [3.8, 4) is 0 Å². The molecule has 0 aromatic carbocycles. The van der Waals surface area contributed by atoms with E-state index in [1.165, 1.54) is 57.8 Å². The first kappa shape index (κ1) is 41.1. The Morgan fingerprint density at radius 2 is 1.33 bits per heavy atom. The molecule has 0 N–H and O–H groups in total. The second kappa shape index (κ2) is 25.4. The third-order valence-corrected chi connectivity index (χ3v) is 7.54. The normalized spacial score (nSPS) is 13.9. The summed E-state index contributed by atoms with van der Waals surface area (Å²) in [7, 11) is 0.930. The minimum atomic E-state index is -4.70.